The summed E-state index contributed by atoms with van der Waals surface area (Å²) in [4.78, 5) is 30.6. The van der Waals surface area contributed by atoms with E-state index in [2.05, 4.69) is 23.4 Å². The van der Waals surface area contributed by atoms with Crippen LogP contribution in [0.2, 0.25) is 5.82 Å². The molecule has 29 heavy (non-hydrogen) atoms. The lowest BCUT2D eigenvalue weighted by atomic mass is 9.64. The maximum atomic E-state index is 13.3. The Kier molecular flexibility index (Phi) is 4.90. The van der Waals surface area contributed by atoms with Crippen molar-refractivity contribution in [3.63, 3.8) is 0 Å². The lowest BCUT2D eigenvalue weighted by molar-refractivity contribution is -0.141. The average Bonchev–Trinajstić information content (AvgIpc) is 3.12. The van der Waals surface area contributed by atoms with Crippen LogP contribution in [0.4, 0.5) is 0 Å². The Morgan fingerprint density at radius 1 is 1.34 bits per heavy atom. The molecular weight excluding hydrogens is 373 g/mol. The number of allylic oxidation sites excluding steroid dienone is 1. The van der Waals surface area contributed by atoms with Gasteiger partial charge in [0, 0.05) is 37.7 Å². The number of ether oxygens (including phenoxy) is 1. The maximum Gasteiger partial charge on any atom is 0.459 e. The number of carbonyl (C=O) groups is 2. The number of esters is 1. The SMILES string of the molecule is CC(=O)OCC1C(N2CCn3c(cc4c3CC(C)(C)C4)C2=O)=NC=CC1B(O)O. The molecule has 2 unspecified atom stereocenters. The molecule has 4 rings (SSSR count). The van der Waals surface area contributed by atoms with Crippen LogP contribution >= 0.6 is 0 Å². The minimum atomic E-state index is -1.65. The standard InChI is InChI=1S/C20H26BN3O5/c1-12(25)29-11-14-15(21(27)28)4-5-22-18(14)24-7-6-23-16(19(24)26)8-13-9-20(2,3)10-17(13)23/h4-5,8,14-15,27-28H,6-7,9-11H2,1-3H3. The molecule has 3 aliphatic rings. The normalized spacial score (nSPS) is 24.8. The third-order valence-electron chi connectivity index (χ3n) is 6.02. The molecular formula is C20H26BN3O5. The molecule has 2 aliphatic heterocycles. The van der Waals surface area contributed by atoms with Crippen molar-refractivity contribution in [1.82, 2.24) is 9.47 Å². The predicted molar refractivity (Wildman–Crippen MR) is 107 cm³/mol. The van der Waals surface area contributed by atoms with Gasteiger partial charge < -0.3 is 19.4 Å². The van der Waals surface area contributed by atoms with Gasteiger partial charge >= 0.3 is 13.1 Å². The fourth-order valence-electron chi connectivity index (χ4n) is 4.72. The summed E-state index contributed by atoms with van der Waals surface area (Å²) in [5.41, 5.74) is 3.32. The number of aromatic nitrogens is 1. The van der Waals surface area contributed by atoms with Crippen molar-refractivity contribution >= 4 is 24.8 Å². The highest BCUT2D eigenvalue weighted by Crippen LogP contribution is 2.39. The topological polar surface area (TPSA) is 104 Å². The van der Waals surface area contributed by atoms with E-state index in [-0.39, 0.29) is 17.9 Å². The van der Waals surface area contributed by atoms with Gasteiger partial charge in [-0.3, -0.25) is 14.5 Å². The quantitative estimate of drug-likeness (QED) is 0.583. The molecule has 1 aliphatic carbocycles. The second-order valence-corrected chi connectivity index (χ2v) is 8.86. The van der Waals surface area contributed by atoms with Gasteiger partial charge in [0.2, 0.25) is 0 Å². The highest BCUT2D eigenvalue weighted by molar-refractivity contribution is 6.45. The van der Waals surface area contributed by atoms with E-state index < -0.39 is 24.8 Å². The Bertz CT molecular complexity index is 917. The monoisotopic (exact) mass is 399 g/mol. The van der Waals surface area contributed by atoms with Crippen LogP contribution < -0.4 is 0 Å². The molecule has 0 saturated carbocycles. The summed E-state index contributed by atoms with van der Waals surface area (Å²) < 4.78 is 7.25. The van der Waals surface area contributed by atoms with Crippen molar-refractivity contribution in [3.8, 4) is 0 Å². The number of nitrogens with zero attached hydrogens (tertiary/aromatic N) is 3. The molecule has 2 atom stereocenters. The first-order valence-electron chi connectivity index (χ1n) is 9.95. The van der Waals surface area contributed by atoms with Gasteiger partial charge in [-0.1, -0.05) is 19.9 Å². The summed E-state index contributed by atoms with van der Waals surface area (Å²) in [7, 11) is -1.65. The summed E-state index contributed by atoms with van der Waals surface area (Å²) >= 11 is 0. The third-order valence-corrected chi connectivity index (χ3v) is 6.02. The fourth-order valence-corrected chi connectivity index (χ4v) is 4.72. The summed E-state index contributed by atoms with van der Waals surface area (Å²) in [6.07, 6.45) is 4.95. The molecule has 0 saturated heterocycles. The largest absolute Gasteiger partial charge is 0.465 e. The Hall–Kier alpha value is -2.39. The van der Waals surface area contributed by atoms with E-state index in [0.717, 1.165) is 12.8 Å². The number of carbonyl (C=O) groups excluding carboxylic acids is 2. The van der Waals surface area contributed by atoms with Gasteiger partial charge in [-0.05, 0) is 29.9 Å². The van der Waals surface area contributed by atoms with E-state index >= 15 is 0 Å². The van der Waals surface area contributed by atoms with Crippen LogP contribution in [0.3, 0.4) is 0 Å². The highest BCUT2D eigenvalue weighted by atomic mass is 16.5. The van der Waals surface area contributed by atoms with Crippen LogP contribution in [-0.2, 0) is 28.9 Å². The maximum absolute atomic E-state index is 13.3. The van der Waals surface area contributed by atoms with E-state index in [0.29, 0.717) is 24.6 Å². The van der Waals surface area contributed by atoms with Gasteiger partial charge in [-0.2, -0.15) is 0 Å². The molecule has 0 spiro atoms. The molecule has 0 fully saturated rings. The van der Waals surface area contributed by atoms with E-state index in [4.69, 9.17) is 4.74 Å². The number of hydrogen-bond acceptors (Lipinski definition) is 6. The summed E-state index contributed by atoms with van der Waals surface area (Å²) in [6.45, 7) is 6.78. The fraction of sp³-hybridized carbons (Fsp3) is 0.550. The van der Waals surface area contributed by atoms with Crippen molar-refractivity contribution in [2.45, 2.75) is 46.0 Å². The van der Waals surface area contributed by atoms with Gasteiger partial charge in [0.05, 0.1) is 5.92 Å². The van der Waals surface area contributed by atoms with Gasteiger partial charge in [0.15, 0.2) is 0 Å². The van der Waals surface area contributed by atoms with Crippen LogP contribution in [0.5, 0.6) is 0 Å². The molecule has 8 nitrogen and oxygen atoms in total. The van der Waals surface area contributed by atoms with Crippen LogP contribution in [0, 0.1) is 11.3 Å². The van der Waals surface area contributed by atoms with Gasteiger partial charge in [-0.25, -0.2) is 4.99 Å². The van der Waals surface area contributed by atoms with Crippen LogP contribution in [0.1, 0.15) is 42.5 Å². The highest BCUT2D eigenvalue weighted by Gasteiger charge is 2.42. The molecule has 9 heteroatoms. The minimum absolute atomic E-state index is 0.0731. The van der Waals surface area contributed by atoms with Crippen molar-refractivity contribution in [3.05, 3.63) is 35.3 Å². The van der Waals surface area contributed by atoms with Gasteiger partial charge in [-0.15, -0.1) is 0 Å². The summed E-state index contributed by atoms with van der Waals surface area (Å²) in [6, 6.07) is 1.98. The van der Waals surface area contributed by atoms with E-state index in [1.54, 1.807) is 11.0 Å². The number of fused-ring (bicyclic) bond motifs is 3. The number of rotatable bonds is 3. The lowest BCUT2D eigenvalue weighted by Gasteiger charge is -2.36. The smallest absolute Gasteiger partial charge is 0.459 e. The van der Waals surface area contributed by atoms with E-state index in [1.807, 2.05) is 6.07 Å². The van der Waals surface area contributed by atoms with Gasteiger partial charge in [0.1, 0.15) is 18.1 Å². The number of amides is 1. The van der Waals surface area contributed by atoms with E-state index in [9.17, 15) is 19.6 Å². The average molecular weight is 399 g/mol. The van der Waals surface area contributed by atoms with Gasteiger partial charge in [0.25, 0.3) is 5.91 Å². The molecule has 1 amide bonds. The molecule has 1 aromatic heterocycles. The first kappa shape index (κ1) is 19.9. The Labute approximate surface area is 170 Å². The zero-order valence-corrected chi connectivity index (χ0v) is 17.0. The number of amidine groups is 1. The number of aliphatic imine (C=N–C) groups is 1. The molecule has 154 valence electrons. The van der Waals surface area contributed by atoms with Crippen molar-refractivity contribution in [1.29, 1.82) is 0 Å². The molecule has 0 aromatic carbocycles. The van der Waals surface area contributed by atoms with Crippen LogP contribution in [0.25, 0.3) is 0 Å². The van der Waals surface area contributed by atoms with Crippen LogP contribution in [-0.4, -0.2) is 57.5 Å². The summed E-state index contributed by atoms with van der Waals surface area (Å²) in [5.74, 6) is -1.54. The van der Waals surface area contributed by atoms with Crippen molar-refractivity contribution in [2.24, 2.45) is 16.3 Å². The molecule has 0 bridgehead atoms. The Morgan fingerprint density at radius 2 is 2.10 bits per heavy atom. The minimum Gasteiger partial charge on any atom is -0.465 e. The second kappa shape index (κ2) is 7.14. The Morgan fingerprint density at radius 3 is 2.79 bits per heavy atom. The zero-order chi connectivity index (χ0) is 20.9. The van der Waals surface area contributed by atoms with E-state index in [1.165, 1.54) is 24.4 Å². The molecule has 1 aromatic rings. The first-order valence-corrected chi connectivity index (χ1v) is 9.95. The second-order valence-electron chi connectivity index (χ2n) is 8.86. The number of hydrogen-bond donors (Lipinski definition) is 2. The van der Waals surface area contributed by atoms with Crippen molar-refractivity contribution in [2.75, 3.05) is 13.2 Å². The first-order chi connectivity index (χ1) is 13.7. The van der Waals surface area contributed by atoms with Crippen LogP contribution in [0.15, 0.2) is 23.3 Å². The predicted octanol–water partition coefficient (Wildman–Crippen LogP) is 1.02. The van der Waals surface area contributed by atoms with Crippen molar-refractivity contribution < 1.29 is 24.4 Å². The molecule has 3 heterocycles. The molecule has 2 N–H and O–H groups in total. The zero-order valence-electron chi connectivity index (χ0n) is 17.0. The Balaban J connectivity index is 1.63. The third kappa shape index (κ3) is 3.53. The summed E-state index contributed by atoms with van der Waals surface area (Å²) in [5, 5.41) is 19.6. The molecule has 0 radical (unpaired) electrons. The lowest BCUT2D eigenvalue weighted by Crippen LogP contribution is -2.50.